The molecule has 0 aliphatic heterocycles. The fourth-order valence-corrected chi connectivity index (χ4v) is 2.04. The number of methoxy groups -OCH3 is 2. The van der Waals surface area contributed by atoms with E-state index in [1.54, 1.807) is 25.3 Å². The van der Waals surface area contributed by atoms with Gasteiger partial charge in [-0.15, -0.1) is 0 Å². The molecule has 0 aromatic heterocycles. The third kappa shape index (κ3) is 3.97. The first kappa shape index (κ1) is 16.3. The Bertz CT molecular complexity index is 730. The topological polar surface area (TPSA) is 90.7 Å². The Kier molecular flexibility index (Phi) is 5.14. The summed E-state index contributed by atoms with van der Waals surface area (Å²) in [5, 5.41) is 13.5. The van der Waals surface area contributed by atoms with Crippen LogP contribution in [0.15, 0.2) is 42.5 Å². The third-order valence-corrected chi connectivity index (χ3v) is 3.25. The summed E-state index contributed by atoms with van der Waals surface area (Å²) in [4.78, 5) is 22.3. The van der Waals surface area contributed by atoms with E-state index in [1.807, 2.05) is 0 Å². The number of nitrogens with one attached hydrogen (secondary N) is 1. The smallest absolute Gasteiger partial charge is 0.270 e. The summed E-state index contributed by atoms with van der Waals surface area (Å²) in [5.41, 5.74) is 0.874. The average Bonchev–Trinajstić information content (AvgIpc) is 2.59. The van der Waals surface area contributed by atoms with Crippen LogP contribution in [0.2, 0.25) is 0 Å². The molecule has 0 saturated heterocycles. The molecule has 1 N–H and O–H groups in total. The van der Waals surface area contributed by atoms with Crippen LogP contribution in [0.4, 0.5) is 5.69 Å². The lowest BCUT2D eigenvalue weighted by Gasteiger charge is -2.11. The van der Waals surface area contributed by atoms with E-state index < -0.39 is 10.8 Å². The molecule has 1 amide bonds. The fourth-order valence-electron chi connectivity index (χ4n) is 2.04. The summed E-state index contributed by atoms with van der Waals surface area (Å²) in [6.45, 7) is 0.231. The van der Waals surface area contributed by atoms with Gasteiger partial charge in [0.15, 0.2) is 0 Å². The van der Waals surface area contributed by atoms with Crippen molar-refractivity contribution in [2.24, 2.45) is 0 Å². The molecule has 2 rings (SSSR count). The van der Waals surface area contributed by atoms with E-state index in [0.29, 0.717) is 11.5 Å². The van der Waals surface area contributed by atoms with Crippen molar-refractivity contribution in [2.45, 2.75) is 6.54 Å². The molecule has 0 atom stereocenters. The Morgan fingerprint density at radius 2 is 1.96 bits per heavy atom. The van der Waals surface area contributed by atoms with Gasteiger partial charge in [0.2, 0.25) is 0 Å². The largest absolute Gasteiger partial charge is 0.497 e. The third-order valence-electron chi connectivity index (χ3n) is 3.25. The minimum atomic E-state index is -0.538. The van der Waals surface area contributed by atoms with E-state index in [1.165, 1.54) is 31.4 Å². The molecule has 0 saturated carbocycles. The summed E-state index contributed by atoms with van der Waals surface area (Å²) in [6, 6.07) is 10.8. The monoisotopic (exact) mass is 316 g/mol. The minimum absolute atomic E-state index is 0.125. The predicted octanol–water partition coefficient (Wildman–Crippen LogP) is 2.54. The van der Waals surface area contributed by atoms with E-state index in [4.69, 9.17) is 9.47 Å². The van der Waals surface area contributed by atoms with Gasteiger partial charge < -0.3 is 14.8 Å². The van der Waals surface area contributed by atoms with E-state index in [-0.39, 0.29) is 17.8 Å². The normalized spacial score (nSPS) is 10.0. The van der Waals surface area contributed by atoms with Crippen LogP contribution >= 0.6 is 0 Å². The van der Waals surface area contributed by atoms with Crippen LogP contribution in [-0.2, 0) is 6.54 Å². The van der Waals surface area contributed by atoms with Gasteiger partial charge in [-0.3, -0.25) is 14.9 Å². The lowest BCUT2D eigenvalue weighted by atomic mass is 10.1. The van der Waals surface area contributed by atoms with E-state index in [9.17, 15) is 14.9 Å². The lowest BCUT2D eigenvalue weighted by Crippen LogP contribution is -2.23. The second kappa shape index (κ2) is 7.26. The standard InChI is InChI=1S/C16H16N2O5/c1-22-14-7-6-12(15(9-14)23-2)10-17-16(19)11-4-3-5-13(8-11)18(20)21/h3-9H,10H2,1-2H3,(H,17,19). The molecule has 0 unspecified atom stereocenters. The van der Waals surface area contributed by atoms with Gasteiger partial charge in [-0.25, -0.2) is 0 Å². The summed E-state index contributed by atoms with van der Waals surface area (Å²) in [5.74, 6) is 0.839. The van der Waals surface area contributed by atoms with Gasteiger partial charge in [0, 0.05) is 35.9 Å². The predicted molar refractivity (Wildman–Crippen MR) is 83.8 cm³/mol. The molecule has 23 heavy (non-hydrogen) atoms. The van der Waals surface area contributed by atoms with E-state index >= 15 is 0 Å². The molecule has 0 heterocycles. The van der Waals surface area contributed by atoms with Crippen molar-refractivity contribution in [3.63, 3.8) is 0 Å². The Labute approximate surface area is 133 Å². The van der Waals surface area contributed by atoms with Gasteiger partial charge in [0.1, 0.15) is 11.5 Å². The highest BCUT2D eigenvalue weighted by Crippen LogP contribution is 2.24. The summed E-state index contributed by atoms with van der Waals surface area (Å²) < 4.78 is 10.4. The number of nitro benzene ring substituents is 1. The van der Waals surface area contributed by atoms with Crippen molar-refractivity contribution in [3.05, 3.63) is 63.7 Å². The van der Waals surface area contributed by atoms with Crippen LogP contribution in [0, 0.1) is 10.1 Å². The number of carbonyl (C=O) groups is 1. The number of non-ortho nitro benzene ring substituents is 1. The maximum Gasteiger partial charge on any atom is 0.270 e. The van der Waals surface area contributed by atoms with Gasteiger partial charge >= 0.3 is 0 Å². The number of hydrogen-bond donors (Lipinski definition) is 1. The first-order valence-electron chi connectivity index (χ1n) is 6.78. The zero-order chi connectivity index (χ0) is 16.8. The Balaban J connectivity index is 2.10. The number of hydrogen-bond acceptors (Lipinski definition) is 5. The number of ether oxygens (including phenoxy) is 2. The molecule has 0 radical (unpaired) electrons. The highest BCUT2D eigenvalue weighted by Gasteiger charge is 2.12. The number of nitro groups is 1. The first-order chi connectivity index (χ1) is 11.0. The number of nitrogens with zero attached hydrogens (tertiary/aromatic N) is 1. The summed E-state index contributed by atoms with van der Waals surface area (Å²) >= 11 is 0. The number of amides is 1. The van der Waals surface area contributed by atoms with Crippen molar-refractivity contribution in [3.8, 4) is 11.5 Å². The van der Waals surface area contributed by atoms with Gasteiger partial charge in [0.25, 0.3) is 11.6 Å². The highest BCUT2D eigenvalue weighted by atomic mass is 16.6. The first-order valence-corrected chi connectivity index (χ1v) is 6.78. The second-order valence-electron chi connectivity index (χ2n) is 4.67. The van der Waals surface area contributed by atoms with Crippen LogP contribution < -0.4 is 14.8 Å². The van der Waals surface area contributed by atoms with Gasteiger partial charge in [-0.05, 0) is 18.2 Å². The summed E-state index contributed by atoms with van der Waals surface area (Å²) in [6.07, 6.45) is 0. The van der Waals surface area contributed by atoms with Crippen LogP contribution in [0.5, 0.6) is 11.5 Å². The number of carbonyl (C=O) groups excluding carboxylic acids is 1. The molecular formula is C16H16N2O5. The van der Waals surface area contributed by atoms with Crippen molar-refractivity contribution in [2.75, 3.05) is 14.2 Å². The molecule has 0 aliphatic rings. The Morgan fingerprint density at radius 3 is 2.61 bits per heavy atom. The second-order valence-corrected chi connectivity index (χ2v) is 4.67. The SMILES string of the molecule is COc1ccc(CNC(=O)c2cccc([N+](=O)[O-])c2)c(OC)c1. The molecular weight excluding hydrogens is 300 g/mol. The lowest BCUT2D eigenvalue weighted by molar-refractivity contribution is -0.384. The molecule has 120 valence electrons. The average molecular weight is 316 g/mol. The molecule has 0 bridgehead atoms. The zero-order valence-electron chi connectivity index (χ0n) is 12.7. The molecule has 0 spiro atoms. The number of benzene rings is 2. The maximum absolute atomic E-state index is 12.1. The van der Waals surface area contributed by atoms with Crippen molar-refractivity contribution >= 4 is 11.6 Å². The Morgan fingerprint density at radius 1 is 1.17 bits per heavy atom. The Hall–Kier alpha value is -3.09. The fraction of sp³-hybridized carbons (Fsp3) is 0.188. The van der Waals surface area contributed by atoms with Crippen LogP contribution in [-0.4, -0.2) is 25.1 Å². The van der Waals surface area contributed by atoms with Crippen LogP contribution in [0.1, 0.15) is 15.9 Å². The van der Waals surface area contributed by atoms with Crippen molar-refractivity contribution < 1.29 is 19.2 Å². The summed E-state index contributed by atoms with van der Waals surface area (Å²) in [7, 11) is 3.08. The van der Waals surface area contributed by atoms with Crippen LogP contribution in [0.3, 0.4) is 0 Å². The zero-order valence-corrected chi connectivity index (χ0v) is 12.7. The van der Waals surface area contributed by atoms with Crippen molar-refractivity contribution in [1.82, 2.24) is 5.32 Å². The minimum Gasteiger partial charge on any atom is -0.497 e. The number of rotatable bonds is 6. The van der Waals surface area contributed by atoms with Gasteiger partial charge in [-0.2, -0.15) is 0 Å². The maximum atomic E-state index is 12.1. The quantitative estimate of drug-likeness (QED) is 0.653. The van der Waals surface area contributed by atoms with Gasteiger partial charge in [-0.1, -0.05) is 6.07 Å². The van der Waals surface area contributed by atoms with Crippen LogP contribution in [0.25, 0.3) is 0 Å². The van der Waals surface area contributed by atoms with E-state index in [2.05, 4.69) is 5.32 Å². The molecule has 2 aromatic carbocycles. The molecule has 2 aromatic rings. The molecule has 0 aliphatic carbocycles. The van der Waals surface area contributed by atoms with Crippen molar-refractivity contribution in [1.29, 1.82) is 0 Å². The molecule has 7 heteroatoms. The highest BCUT2D eigenvalue weighted by molar-refractivity contribution is 5.94. The van der Waals surface area contributed by atoms with E-state index in [0.717, 1.165) is 5.56 Å². The van der Waals surface area contributed by atoms with Gasteiger partial charge in [0.05, 0.1) is 19.1 Å². The molecule has 7 nitrogen and oxygen atoms in total. The molecule has 0 fully saturated rings.